The molecule has 88 valence electrons. The lowest BCUT2D eigenvalue weighted by Crippen LogP contribution is -2.04. The van der Waals surface area contributed by atoms with E-state index in [1.165, 1.54) is 0 Å². The molecule has 3 N–H and O–H groups in total. The summed E-state index contributed by atoms with van der Waals surface area (Å²) in [5.41, 5.74) is 7.14. The highest BCUT2D eigenvalue weighted by atomic mass is 16.5. The van der Waals surface area contributed by atoms with Crippen molar-refractivity contribution in [2.24, 2.45) is 5.73 Å². The molecular weight excluding hydrogens is 216 g/mol. The van der Waals surface area contributed by atoms with Crippen LogP contribution in [0.5, 0.6) is 5.75 Å². The van der Waals surface area contributed by atoms with Crippen molar-refractivity contribution >= 4 is 11.6 Å². The van der Waals surface area contributed by atoms with E-state index in [-0.39, 0.29) is 0 Å². The average molecular weight is 230 g/mol. The van der Waals surface area contributed by atoms with Gasteiger partial charge in [-0.1, -0.05) is 12.1 Å². The summed E-state index contributed by atoms with van der Waals surface area (Å²) in [5.74, 6) is 1.26. The molecule has 0 atom stereocenters. The van der Waals surface area contributed by atoms with Crippen molar-refractivity contribution in [3.63, 3.8) is 0 Å². The second-order valence-electron chi connectivity index (χ2n) is 3.40. The number of benzene rings is 1. The Morgan fingerprint density at radius 2 is 2.12 bits per heavy atom. The molecule has 0 aliphatic rings. The van der Waals surface area contributed by atoms with E-state index in [0.29, 0.717) is 12.5 Å². The Kier molecular flexibility index (Phi) is 3.52. The molecule has 0 unspecified atom stereocenters. The number of ether oxygens (including phenoxy) is 1. The van der Waals surface area contributed by atoms with Gasteiger partial charge < -0.3 is 15.8 Å². The van der Waals surface area contributed by atoms with Crippen LogP contribution in [-0.2, 0) is 6.54 Å². The van der Waals surface area contributed by atoms with Gasteiger partial charge in [0.15, 0.2) is 0 Å². The van der Waals surface area contributed by atoms with Gasteiger partial charge in [0, 0.05) is 12.7 Å². The Hall–Kier alpha value is -2.14. The largest absolute Gasteiger partial charge is 0.495 e. The Bertz CT molecular complexity index is 501. The van der Waals surface area contributed by atoms with E-state index in [2.05, 4.69) is 15.3 Å². The third-order valence-electron chi connectivity index (χ3n) is 2.28. The van der Waals surface area contributed by atoms with Crippen LogP contribution in [0.25, 0.3) is 0 Å². The van der Waals surface area contributed by atoms with Gasteiger partial charge in [0.1, 0.15) is 5.75 Å². The van der Waals surface area contributed by atoms with Crippen LogP contribution >= 0.6 is 0 Å². The van der Waals surface area contributed by atoms with Crippen LogP contribution in [0.2, 0.25) is 0 Å². The minimum Gasteiger partial charge on any atom is -0.495 e. The lowest BCUT2D eigenvalue weighted by atomic mass is 10.3. The zero-order chi connectivity index (χ0) is 12.1. The van der Waals surface area contributed by atoms with Crippen LogP contribution in [0.4, 0.5) is 11.6 Å². The third-order valence-corrected chi connectivity index (χ3v) is 2.28. The minimum atomic E-state index is 0.392. The Labute approximate surface area is 99.7 Å². The standard InChI is InChI=1S/C12H14N4O/c1-17-11-5-3-2-4-10(11)16-12-14-7-6-9(8-13)15-12/h2-7H,8,13H2,1H3,(H,14,15,16). The number of anilines is 2. The number of methoxy groups -OCH3 is 1. The van der Waals surface area contributed by atoms with Crippen LogP contribution < -0.4 is 15.8 Å². The SMILES string of the molecule is COc1ccccc1Nc1nccc(CN)n1. The van der Waals surface area contributed by atoms with Crippen molar-refractivity contribution in [3.05, 3.63) is 42.2 Å². The predicted octanol–water partition coefficient (Wildman–Crippen LogP) is 1.69. The normalized spacial score (nSPS) is 10.0. The first-order valence-corrected chi connectivity index (χ1v) is 5.25. The van der Waals surface area contributed by atoms with Crippen LogP contribution in [0.3, 0.4) is 0 Å². The summed E-state index contributed by atoms with van der Waals surface area (Å²) in [6.45, 7) is 0.392. The number of para-hydroxylation sites is 2. The molecule has 0 aliphatic heterocycles. The quantitative estimate of drug-likeness (QED) is 0.836. The van der Waals surface area contributed by atoms with Crippen molar-refractivity contribution < 1.29 is 4.74 Å². The zero-order valence-corrected chi connectivity index (χ0v) is 9.55. The van der Waals surface area contributed by atoms with Crippen LogP contribution in [0, 0.1) is 0 Å². The zero-order valence-electron chi connectivity index (χ0n) is 9.55. The molecule has 2 rings (SSSR count). The Balaban J connectivity index is 2.24. The van der Waals surface area contributed by atoms with Gasteiger partial charge in [-0.3, -0.25) is 0 Å². The van der Waals surface area contributed by atoms with Crippen molar-refractivity contribution in [1.82, 2.24) is 9.97 Å². The fourth-order valence-electron chi connectivity index (χ4n) is 1.44. The van der Waals surface area contributed by atoms with Gasteiger partial charge in [-0.05, 0) is 18.2 Å². The highest BCUT2D eigenvalue weighted by Crippen LogP contribution is 2.25. The maximum absolute atomic E-state index is 5.53. The molecule has 1 aromatic heterocycles. The van der Waals surface area contributed by atoms with Crippen LogP contribution in [0.15, 0.2) is 36.5 Å². The van der Waals surface area contributed by atoms with Crippen molar-refractivity contribution in [2.75, 3.05) is 12.4 Å². The van der Waals surface area contributed by atoms with Crippen molar-refractivity contribution in [3.8, 4) is 5.75 Å². The first-order valence-electron chi connectivity index (χ1n) is 5.25. The maximum Gasteiger partial charge on any atom is 0.227 e. The van der Waals surface area contributed by atoms with Gasteiger partial charge in [0.2, 0.25) is 5.95 Å². The fourth-order valence-corrected chi connectivity index (χ4v) is 1.44. The van der Waals surface area contributed by atoms with Crippen molar-refractivity contribution in [2.45, 2.75) is 6.54 Å². The van der Waals surface area contributed by atoms with Gasteiger partial charge in [0.25, 0.3) is 0 Å². The van der Waals surface area contributed by atoms with E-state index in [0.717, 1.165) is 17.1 Å². The summed E-state index contributed by atoms with van der Waals surface area (Å²) in [4.78, 5) is 8.38. The number of hydrogen-bond donors (Lipinski definition) is 2. The Morgan fingerprint density at radius 1 is 1.29 bits per heavy atom. The summed E-state index contributed by atoms with van der Waals surface area (Å²) in [6.07, 6.45) is 1.67. The van der Waals surface area contributed by atoms with Gasteiger partial charge in [-0.15, -0.1) is 0 Å². The topological polar surface area (TPSA) is 73.1 Å². The molecule has 0 saturated heterocycles. The molecule has 0 radical (unpaired) electrons. The molecule has 1 aromatic carbocycles. The van der Waals surface area contributed by atoms with E-state index >= 15 is 0 Å². The molecule has 0 amide bonds. The van der Waals surface area contributed by atoms with Crippen LogP contribution in [-0.4, -0.2) is 17.1 Å². The number of nitrogens with two attached hydrogens (primary N) is 1. The van der Waals surface area contributed by atoms with Gasteiger partial charge >= 0.3 is 0 Å². The molecule has 0 aliphatic carbocycles. The maximum atomic E-state index is 5.53. The first-order chi connectivity index (χ1) is 8.33. The molecule has 0 saturated carbocycles. The smallest absolute Gasteiger partial charge is 0.227 e. The van der Waals surface area contributed by atoms with Crippen molar-refractivity contribution in [1.29, 1.82) is 0 Å². The molecule has 0 bridgehead atoms. The molecule has 5 heteroatoms. The second-order valence-corrected chi connectivity index (χ2v) is 3.40. The van der Waals surface area contributed by atoms with E-state index in [1.54, 1.807) is 19.4 Å². The molecule has 5 nitrogen and oxygen atoms in total. The summed E-state index contributed by atoms with van der Waals surface area (Å²) in [5, 5.41) is 3.10. The molecule has 2 aromatic rings. The summed E-state index contributed by atoms with van der Waals surface area (Å²) < 4.78 is 5.23. The molecular formula is C12H14N4O. The average Bonchev–Trinajstić information content (AvgIpc) is 2.39. The van der Waals surface area contributed by atoms with E-state index in [4.69, 9.17) is 10.5 Å². The summed E-state index contributed by atoms with van der Waals surface area (Å²) >= 11 is 0. The third kappa shape index (κ3) is 2.70. The number of nitrogens with zero attached hydrogens (tertiary/aromatic N) is 2. The van der Waals surface area contributed by atoms with E-state index < -0.39 is 0 Å². The lowest BCUT2D eigenvalue weighted by molar-refractivity contribution is 0.417. The number of aromatic nitrogens is 2. The predicted molar refractivity (Wildman–Crippen MR) is 66.2 cm³/mol. The summed E-state index contributed by atoms with van der Waals surface area (Å²) in [6, 6.07) is 9.37. The van der Waals surface area contributed by atoms with Gasteiger partial charge in [0.05, 0.1) is 18.5 Å². The Morgan fingerprint density at radius 3 is 2.88 bits per heavy atom. The molecule has 17 heavy (non-hydrogen) atoms. The number of rotatable bonds is 4. The molecule has 0 spiro atoms. The van der Waals surface area contributed by atoms with Crippen LogP contribution in [0.1, 0.15) is 5.69 Å². The number of hydrogen-bond acceptors (Lipinski definition) is 5. The van der Waals surface area contributed by atoms with Gasteiger partial charge in [-0.2, -0.15) is 0 Å². The van der Waals surface area contributed by atoms with Gasteiger partial charge in [-0.25, -0.2) is 9.97 Å². The molecule has 1 heterocycles. The summed E-state index contributed by atoms with van der Waals surface area (Å²) in [7, 11) is 1.62. The number of nitrogens with one attached hydrogen (secondary N) is 1. The van der Waals surface area contributed by atoms with E-state index in [9.17, 15) is 0 Å². The minimum absolute atomic E-state index is 0.392. The highest BCUT2D eigenvalue weighted by Gasteiger charge is 2.03. The lowest BCUT2D eigenvalue weighted by Gasteiger charge is -2.09. The second kappa shape index (κ2) is 5.27. The highest BCUT2D eigenvalue weighted by molar-refractivity contribution is 5.62. The first kappa shape index (κ1) is 11.3. The van der Waals surface area contributed by atoms with E-state index in [1.807, 2.05) is 24.3 Å². The molecule has 0 fully saturated rings. The fraction of sp³-hybridized carbons (Fsp3) is 0.167. The monoisotopic (exact) mass is 230 g/mol.